The molecule has 0 unspecified atom stereocenters. The van der Waals surface area contributed by atoms with E-state index in [-0.39, 0.29) is 0 Å². The van der Waals surface area contributed by atoms with Gasteiger partial charge < -0.3 is 0 Å². The molecule has 0 spiro atoms. The van der Waals surface area contributed by atoms with Crippen molar-refractivity contribution in [3.05, 3.63) is 0 Å². The van der Waals surface area contributed by atoms with Gasteiger partial charge in [0.1, 0.15) is 0 Å². The molecule has 0 radical (unpaired) electrons. The van der Waals surface area contributed by atoms with Crippen molar-refractivity contribution in [2.75, 3.05) is 13.2 Å². The topological polar surface area (TPSA) is 18.5 Å². The zero-order valence-electron chi connectivity index (χ0n) is 2.73. The molecule has 3 heteroatoms. The summed E-state index contributed by atoms with van der Waals surface area (Å²) in [4.78, 5) is 0. The van der Waals surface area contributed by atoms with Crippen molar-refractivity contribution < 1.29 is 6.03 Å². The minimum absolute atomic E-state index is 0.671. The fraction of sp³-hybridized carbons (Fsp3) is 1.00. The third-order valence-corrected chi connectivity index (χ3v) is 2.24. The molecule has 1 aliphatic heterocycles. The van der Waals surface area contributed by atoms with Gasteiger partial charge in [-0.25, -0.2) is 0 Å². The quantitative estimate of drug-likeness (QED) is 0.462. The average molecular weight is 183 g/mol. The maximum absolute atomic E-state index is 4.89. The van der Waals surface area contributed by atoms with E-state index in [2.05, 4.69) is 0 Å². The summed E-state index contributed by atoms with van der Waals surface area (Å²) in [5, 5.41) is 0. The predicted octanol–water partition coefficient (Wildman–Crippen LogP) is -0.700. The summed E-state index contributed by atoms with van der Waals surface area (Å²) in [5.74, 6) is 0. The van der Waals surface area contributed by atoms with Crippen LogP contribution in [0.5, 0.6) is 0 Å². The molecule has 5 heavy (non-hydrogen) atoms. The molecule has 0 N–H and O–H groups in total. The van der Waals surface area contributed by atoms with Crippen LogP contribution in [-0.4, -0.2) is 35.7 Å². The number of hydrogen-bond donors (Lipinski definition) is 0. The van der Waals surface area contributed by atoms with Crippen molar-refractivity contribution in [1.82, 2.24) is 0 Å². The van der Waals surface area contributed by atoms with E-state index in [4.69, 9.17) is 6.03 Å². The van der Waals surface area contributed by atoms with E-state index < -0.39 is 22.5 Å². The van der Waals surface area contributed by atoms with Gasteiger partial charge in [-0.3, -0.25) is 0 Å². The van der Waals surface area contributed by atoms with Crippen LogP contribution in [0.4, 0.5) is 0 Å². The Balaban J connectivity index is 2.08. The standard InChI is InChI=1S/C2H4O2.Sb.H/c3-1-2-4;;/h1-2H2;;/q-2;+2;. The second-order valence-electron chi connectivity index (χ2n) is 0.780. The van der Waals surface area contributed by atoms with E-state index in [0.29, 0.717) is 0 Å². The van der Waals surface area contributed by atoms with Gasteiger partial charge in [-0.05, 0) is 0 Å². The second-order valence-corrected chi connectivity index (χ2v) is 2.90. The van der Waals surface area contributed by atoms with Crippen LogP contribution >= 0.6 is 0 Å². The van der Waals surface area contributed by atoms with Gasteiger partial charge in [0, 0.05) is 0 Å². The first-order chi connectivity index (χ1) is 2.50. The summed E-state index contributed by atoms with van der Waals surface area (Å²) in [7, 11) is 0. The van der Waals surface area contributed by atoms with Crippen LogP contribution in [0.3, 0.4) is 0 Å². The van der Waals surface area contributed by atoms with Crippen LogP contribution in [-0.2, 0) is 6.03 Å². The zero-order valence-corrected chi connectivity index (χ0v) is 5.58. The van der Waals surface area contributed by atoms with Crippen molar-refractivity contribution in [1.29, 1.82) is 0 Å². The molecule has 0 aliphatic carbocycles. The molecular weight excluding hydrogens is 178 g/mol. The first kappa shape index (κ1) is 3.91. The molecule has 1 heterocycles. The molecule has 1 rings (SSSR count). The SMILES string of the molecule is C1C[O][SbH][O]1. The first-order valence-corrected chi connectivity index (χ1v) is 3.82. The van der Waals surface area contributed by atoms with Crippen LogP contribution in [0.15, 0.2) is 0 Å². The van der Waals surface area contributed by atoms with Crippen molar-refractivity contribution in [3.8, 4) is 0 Å². The molecule has 0 aromatic heterocycles. The Morgan fingerprint density at radius 3 is 2.00 bits per heavy atom. The molecule has 0 amide bonds. The zero-order chi connectivity index (χ0) is 3.54. The van der Waals surface area contributed by atoms with E-state index >= 15 is 0 Å². The van der Waals surface area contributed by atoms with Crippen LogP contribution in [0.25, 0.3) is 0 Å². The van der Waals surface area contributed by atoms with E-state index in [1.54, 1.807) is 0 Å². The summed E-state index contributed by atoms with van der Waals surface area (Å²) in [5.41, 5.74) is 0. The Hall–Kier alpha value is 0.738. The van der Waals surface area contributed by atoms with Gasteiger partial charge >= 0.3 is 41.7 Å². The van der Waals surface area contributed by atoms with Crippen molar-refractivity contribution in [3.63, 3.8) is 0 Å². The van der Waals surface area contributed by atoms with Crippen molar-refractivity contribution >= 4 is 22.5 Å². The molecule has 0 atom stereocenters. The summed E-state index contributed by atoms with van der Waals surface area (Å²) < 4.78 is 9.78. The molecule has 0 aromatic carbocycles. The van der Waals surface area contributed by atoms with Crippen molar-refractivity contribution in [2.24, 2.45) is 0 Å². The second kappa shape index (κ2) is 2.01. The average Bonchev–Trinajstić information content (AvgIpc) is 1.76. The van der Waals surface area contributed by atoms with Gasteiger partial charge in [0.05, 0.1) is 0 Å². The van der Waals surface area contributed by atoms with Crippen molar-refractivity contribution in [2.45, 2.75) is 0 Å². The van der Waals surface area contributed by atoms with Gasteiger partial charge in [0.2, 0.25) is 0 Å². The van der Waals surface area contributed by atoms with E-state index in [0.717, 1.165) is 13.2 Å². The molecular formula is C2H5O2Sb. The Labute approximate surface area is 42.1 Å². The third-order valence-electron chi connectivity index (χ3n) is 0.405. The maximum atomic E-state index is 4.89. The molecule has 2 nitrogen and oxygen atoms in total. The number of rotatable bonds is 0. The van der Waals surface area contributed by atoms with Crippen LogP contribution < -0.4 is 0 Å². The van der Waals surface area contributed by atoms with Gasteiger partial charge in [-0.1, -0.05) is 0 Å². The molecule has 0 aromatic rings. The Morgan fingerprint density at radius 2 is 1.80 bits per heavy atom. The van der Waals surface area contributed by atoms with E-state index in [1.165, 1.54) is 0 Å². The van der Waals surface area contributed by atoms with Gasteiger partial charge in [-0.2, -0.15) is 0 Å². The monoisotopic (exact) mass is 182 g/mol. The van der Waals surface area contributed by atoms with Crippen LogP contribution in [0, 0.1) is 0 Å². The van der Waals surface area contributed by atoms with Gasteiger partial charge in [0.25, 0.3) is 0 Å². The van der Waals surface area contributed by atoms with E-state index in [9.17, 15) is 0 Å². The Kier molecular flexibility index (Phi) is 1.57. The molecule has 1 aliphatic rings. The van der Waals surface area contributed by atoms with Crippen LogP contribution in [0.2, 0.25) is 0 Å². The molecule has 0 bridgehead atoms. The summed E-state index contributed by atoms with van der Waals surface area (Å²) in [6.07, 6.45) is 0. The minimum atomic E-state index is -0.671. The van der Waals surface area contributed by atoms with E-state index in [1.807, 2.05) is 0 Å². The molecule has 30 valence electrons. The molecule has 1 saturated heterocycles. The summed E-state index contributed by atoms with van der Waals surface area (Å²) in [6.45, 7) is 1.71. The molecule has 0 saturated carbocycles. The summed E-state index contributed by atoms with van der Waals surface area (Å²) >= 11 is -0.671. The summed E-state index contributed by atoms with van der Waals surface area (Å²) in [6, 6.07) is 0. The Morgan fingerprint density at radius 1 is 1.20 bits per heavy atom. The molecule has 1 fully saturated rings. The number of hydrogen-bond acceptors (Lipinski definition) is 2. The first-order valence-electron chi connectivity index (χ1n) is 1.49. The normalized spacial score (nSPS) is 24.0. The fourth-order valence-corrected chi connectivity index (χ4v) is 1.40. The van der Waals surface area contributed by atoms with Gasteiger partial charge in [-0.15, -0.1) is 0 Å². The third kappa shape index (κ3) is 1.08. The van der Waals surface area contributed by atoms with Crippen LogP contribution in [0.1, 0.15) is 0 Å². The Bertz CT molecular complexity index is 19.2. The predicted molar refractivity (Wildman–Crippen MR) is 19.1 cm³/mol. The fourth-order valence-electron chi connectivity index (χ4n) is 0.208. The van der Waals surface area contributed by atoms with Gasteiger partial charge in [0.15, 0.2) is 0 Å².